The van der Waals surface area contributed by atoms with Crippen LogP contribution in [0.25, 0.3) is 0 Å². The number of rotatable bonds is 9. The summed E-state index contributed by atoms with van der Waals surface area (Å²) >= 11 is 18.5. The molecule has 2 rings (SSSR count). The van der Waals surface area contributed by atoms with E-state index in [0.717, 1.165) is 10.6 Å². The first kappa shape index (κ1) is 26.3. The molecule has 0 heterocycles. The van der Waals surface area contributed by atoms with Gasteiger partial charge in [-0.15, -0.1) is 0 Å². The highest BCUT2D eigenvalue weighted by molar-refractivity contribution is 7.92. The van der Waals surface area contributed by atoms with Crippen LogP contribution < -0.4 is 9.62 Å². The van der Waals surface area contributed by atoms with Gasteiger partial charge in [-0.05, 0) is 37.6 Å². The largest absolute Gasteiger partial charge is 0.355 e. The van der Waals surface area contributed by atoms with Crippen molar-refractivity contribution in [3.05, 3.63) is 63.1 Å². The van der Waals surface area contributed by atoms with Crippen LogP contribution in [0.5, 0.6) is 0 Å². The molecule has 1 unspecified atom stereocenters. The lowest BCUT2D eigenvalue weighted by Gasteiger charge is -2.31. The second-order valence-electron chi connectivity index (χ2n) is 7.03. The molecule has 0 bridgehead atoms. The van der Waals surface area contributed by atoms with E-state index in [1.54, 1.807) is 38.1 Å². The van der Waals surface area contributed by atoms with E-state index in [2.05, 4.69) is 5.32 Å². The average molecular weight is 521 g/mol. The summed E-state index contributed by atoms with van der Waals surface area (Å²) in [5, 5.41) is 3.25. The Morgan fingerprint density at radius 2 is 1.66 bits per heavy atom. The van der Waals surface area contributed by atoms with E-state index in [0.29, 0.717) is 17.1 Å². The molecule has 0 spiro atoms. The summed E-state index contributed by atoms with van der Waals surface area (Å²) in [5.41, 5.74) is 0.684. The lowest BCUT2D eigenvalue weighted by molar-refractivity contribution is -0.139. The smallest absolute Gasteiger partial charge is 0.244 e. The van der Waals surface area contributed by atoms with Crippen molar-refractivity contribution in [1.82, 2.24) is 10.2 Å². The number of carbonyl (C=O) groups is 2. The van der Waals surface area contributed by atoms with Crippen LogP contribution in [0.2, 0.25) is 15.1 Å². The number of benzene rings is 2. The van der Waals surface area contributed by atoms with E-state index in [4.69, 9.17) is 34.8 Å². The van der Waals surface area contributed by atoms with E-state index in [9.17, 15) is 18.0 Å². The third-order valence-corrected chi connectivity index (χ3v) is 7.00. The predicted molar refractivity (Wildman–Crippen MR) is 129 cm³/mol. The molecule has 0 aromatic heterocycles. The third kappa shape index (κ3) is 6.51. The van der Waals surface area contributed by atoms with Crippen LogP contribution in [0, 0.1) is 0 Å². The summed E-state index contributed by atoms with van der Waals surface area (Å²) in [6, 6.07) is 10.5. The molecule has 2 aromatic rings. The van der Waals surface area contributed by atoms with Gasteiger partial charge in [0.15, 0.2) is 0 Å². The Kier molecular flexibility index (Phi) is 9.21. The molecule has 1 atom stereocenters. The minimum Gasteiger partial charge on any atom is -0.355 e. The van der Waals surface area contributed by atoms with Crippen LogP contribution >= 0.6 is 34.8 Å². The second-order valence-corrected chi connectivity index (χ2v) is 10.1. The van der Waals surface area contributed by atoms with Gasteiger partial charge in [0.25, 0.3) is 0 Å². The fourth-order valence-corrected chi connectivity index (χ4v) is 4.49. The van der Waals surface area contributed by atoms with E-state index >= 15 is 0 Å². The monoisotopic (exact) mass is 519 g/mol. The zero-order chi connectivity index (χ0) is 24.1. The Bertz CT molecular complexity index is 1100. The van der Waals surface area contributed by atoms with Crippen LogP contribution in [0.15, 0.2) is 42.5 Å². The van der Waals surface area contributed by atoms with Gasteiger partial charge in [-0.2, -0.15) is 0 Å². The van der Waals surface area contributed by atoms with Crippen molar-refractivity contribution in [1.29, 1.82) is 0 Å². The van der Waals surface area contributed by atoms with Crippen molar-refractivity contribution in [2.24, 2.45) is 0 Å². The van der Waals surface area contributed by atoms with Crippen molar-refractivity contribution in [2.45, 2.75) is 26.4 Å². The summed E-state index contributed by atoms with van der Waals surface area (Å²) in [6.07, 6.45) is 0.961. The molecule has 0 radical (unpaired) electrons. The maximum atomic E-state index is 13.4. The fourth-order valence-electron chi connectivity index (χ4n) is 2.99. The minimum absolute atomic E-state index is 0.00169. The lowest BCUT2D eigenvalue weighted by atomic mass is 10.1. The van der Waals surface area contributed by atoms with Gasteiger partial charge in [-0.1, -0.05) is 59.1 Å². The number of sulfonamides is 1. The highest BCUT2D eigenvalue weighted by Gasteiger charge is 2.31. The highest BCUT2D eigenvalue weighted by Crippen LogP contribution is 2.33. The molecule has 11 heteroatoms. The molecule has 32 heavy (non-hydrogen) atoms. The van der Waals surface area contributed by atoms with Gasteiger partial charge in [0, 0.05) is 18.1 Å². The zero-order valence-corrected chi connectivity index (χ0v) is 20.9. The van der Waals surface area contributed by atoms with Gasteiger partial charge < -0.3 is 10.2 Å². The number of halogens is 3. The molecule has 0 saturated carbocycles. The van der Waals surface area contributed by atoms with Crippen LogP contribution in [-0.4, -0.2) is 50.5 Å². The number of carbonyl (C=O) groups excluding carboxylic acids is 2. The number of nitrogens with one attached hydrogen (secondary N) is 1. The maximum Gasteiger partial charge on any atom is 0.244 e. The molecule has 174 valence electrons. The first-order valence-corrected chi connectivity index (χ1v) is 12.7. The van der Waals surface area contributed by atoms with Crippen LogP contribution in [0.4, 0.5) is 5.69 Å². The first-order chi connectivity index (χ1) is 15.0. The number of hydrogen-bond donors (Lipinski definition) is 1. The van der Waals surface area contributed by atoms with E-state index in [1.165, 1.54) is 23.1 Å². The van der Waals surface area contributed by atoms with Crippen molar-refractivity contribution in [3.63, 3.8) is 0 Å². The van der Waals surface area contributed by atoms with Crippen molar-refractivity contribution in [3.8, 4) is 0 Å². The van der Waals surface area contributed by atoms with Gasteiger partial charge in [0.2, 0.25) is 21.8 Å². The molecular weight excluding hydrogens is 497 g/mol. The number of likely N-dealkylation sites (N-methyl/N-ethyl adjacent to an activating group) is 1. The predicted octanol–water partition coefficient (Wildman–Crippen LogP) is 3.97. The van der Waals surface area contributed by atoms with E-state index < -0.39 is 28.5 Å². The Hall–Kier alpha value is -2.00. The number of nitrogens with zero attached hydrogens (tertiary/aromatic N) is 2. The van der Waals surface area contributed by atoms with Gasteiger partial charge in [0.05, 0.1) is 22.0 Å². The van der Waals surface area contributed by atoms with Gasteiger partial charge >= 0.3 is 0 Å². The number of anilines is 1. The SMILES string of the molecule is CCNC(=O)C(C)N(Cc1ccccc1Cl)C(=O)CN(c1cccc(Cl)c1Cl)S(C)(=O)=O. The van der Waals surface area contributed by atoms with Crippen molar-refractivity contribution in [2.75, 3.05) is 23.7 Å². The summed E-state index contributed by atoms with van der Waals surface area (Å²) < 4.78 is 25.9. The Morgan fingerprint density at radius 3 is 2.25 bits per heavy atom. The van der Waals surface area contributed by atoms with Gasteiger partial charge in [-0.3, -0.25) is 13.9 Å². The lowest BCUT2D eigenvalue weighted by Crippen LogP contribution is -2.51. The first-order valence-electron chi connectivity index (χ1n) is 9.69. The van der Waals surface area contributed by atoms with Crippen molar-refractivity contribution < 1.29 is 18.0 Å². The molecule has 0 fully saturated rings. The quantitative estimate of drug-likeness (QED) is 0.542. The molecule has 0 aliphatic heterocycles. The Morgan fingerprint density at radius 1 is 1.03 bits per heavy atom. The molecular formula is C21H24Cl3N3O4S. The fraction of sp³-hybridized carbons (Fsp3) is 0.333. The number of hydrogen-bond acceptors (Lipinski definition) is 4. The molecule has 0 saturated heterocycles. The third-order valence-electron chi connectivity index (χ3n) is 4.70. The van der Waals surface area contributed by atoms with Crippen LogP contribution in [0.3, 0.4) is 0 Å². The normalized spacial score (nSPS) is 12.2. The summed E-state index contributed by atoms with van der Waals surface area (Å²) in [6.45, 7) is 3.14. The molecule has 2 aromatic carbocycles. The molecule has 2 amide bonds. The van der Waals surface area contributed by atoms with Crippen LogP contribution in [0.1, 0.15) is 19.4 Å². The average Bonchev–Trinajstić information content (AvgIpc) is 2.72. The summed E-state index contributed by atoms with van der Waals surface area (Å²) in [5.74, 6) is -0.982. The van der Waals surface area contributed by atoms with E-state index in [-0.39, 0.29) is 28.2 Å². The van der Waals surface area contributed by atoms with Crippen LogP contribution in [-0.2, 0) is 26.2 Å². The number of amides is 2. The molecule has 0 aliphatic carbocycles. The second kappa shape index (κ2) is 11.2. The highest BCUT2D eigenvalue weighted by atomic mass is 35.5. The van der Waals surface area contributed by atoms with Gasteiger partial charge in [0.1, 0.15) is 12.6 Å². The maximum absolute atomic E-state index is 13.4. The van der Waals surface area contributed by atoms with Gasteiger partial charge in [-0.25, -0.2) is 8.42 Å². The zero-order valence-electron chi connectivity index (χ0n) is 17.8. The Labute approximate surface area is 203 Å². The molecule has 7 nitrogen and oxygen atoms in total. The topological polar surface area (TPSA) is 86.8 Å². The Balaban J connectivity index is 2.45. The summed E-state index contributed by atoms with van der Waals surface area (Å²) in [4.78, 5) is 27.1. The summed E-state index contributed by atoms with van der Waals surface area (Å²) in [7, 11) is -3.91. The minimum atomic E-state index is -3.91. The van der Waals surface area contributed by atoms with E-state index in [1.807, 2.05) is 0 Å². The standard InChI is InChI=1S/C21H24Cl3N3O4S/c1-4-25-21(29)14(2)26(12-15-8-5-6-9-16(15)22)19(28)13-27(32(3,30)31)18-11-7-10-17(23)20(18)24/h5-11,14H,4,12-13H2,1-3H3,(H,25,29). The molecule has 0 aliphatic rings. The van der Waals surface area contributed by atoms with Crippen molar-refractivity contribution >= 4 is 62.3 Å². The molecule has 1 N–H and O–H groups in total.